The van der Waals surface area contributed by atoms with Gasteiger partial charge in [0.05, 0.1) is 5.60 Å². The highest BCUT2D eigenvalue weighted by atomic mass is 35.5. The Bertz CT molecular complexity index is 248. The van der Waals surface area contributed by atoms with E-state index in [1.807, 2.05) is 0 Å². The number of halogens is 1. The van der Waals surface area contributed by atoms with Crippen LogP contribution in [0.2, 0.25) is 0 Å². The number of ether oxygens (including phenoxy) is 1. The maximum absolute atomic E-state index is 11.1. The number of hydrogen-bond donors (Lipinski definition) is 0. The second-order valence-corrected chi connectivity index (χ2v) is 6.25. The van der Waals surface area contributed by atoms with Crippen LogP contribution in [0, 0.1) is 17.8 Å². The molecule has 94 valence electrons. The molecule has 3 heteroatoms. The van der Waals surface area contributed by atoms with Gasteiger partial charge in [0.25, 0.3) is 0 Å². The first-order valence-corrected chi connectivity index (χ1v) is 6.52. The predicted octanol–water partition coefficient (Wildman–Crippen LogP) is 3.62. The molecule has 0 saturated carbocycles. The van der Waals surface area contributed by atoms with Crippen LogP contribution in [0.25, 0.3) is 0 Å². The van der Waals surface area contributed by atoms with Crippen molar-refractivity contribution in [1.82, 2.24) is 0 Å². The molecule has 1 aliphatic heterocycles. The van der Waals surface area contributed by atoms with E-state index in [0.29, 0.717) is 24.2 Å². The van der Waals surface area contributed by atoms with Crippen molar-refractivity contribution < 1.29 is 9.53 Å². The normalized spacial score (nSPS) is 26.8. The number of carbonyl (C=O) groups is 1. The summed E-state index contributed by atoms with van der Waals surface area (Å²) in [5.41, 5.74) is -0.0502. The number of hydrogen-bond acceptors (Lipinski definition) is 2. The molecule has 1 saturated heterocycles. The van der Waals surface area contributed by atoms with Crippen molar-refractivity contribution in [2.45, 2.75) is 52.6 Å². The summed E-state index contributed by atoms with van der Waals surface area (Å²) in [7, 11) is 0. The van der Waals surface area contributed by atoms with Gasteiger partial charge in [0.2, 0.25) is 5.24 Å². The lowest BCUT2D eigenvalue weighted by atomic mass is 9.74. The largest absolute Gasteiger partial charge is 0.376 e. The second-order valence-electron chi connectivity index (χ2n) is 5.83. The average Bonchev–Trinajstić information content (AvgIpc) is 2.11. The van der Waals surface area contributed by atoms with Crippen LogP contribution < -0.4 is 0 Å². The van der Waals surface area contributed by atoms with Crippen LogP contribution in [0.5, 0.6) is 0 Å². The Morgan fingerprint density at radius 1 is 1.50 bits per heavy atom. The summed E-state index contributed by atoms with van der Waals surface area (Å²) >= 11 is 5.54. The summed E-state index contributed by atoms with van der Waals surface area (Å²) in [4.78, 5) is 11.1. The second kappa shape index (κ2) is 5.50. The first-order valence-electron chi connectivity index (χ1n) is 6.14. The van der Waals surface area contributed by atoms with Crippen molar-refractivity contribution in [3.8, 4) is 0 Å². The van der Waals surface area contributed by atoms with Crippen LogP contribution in [0.15, 0.2) is 0 Å². The van der Waals surface area contributed by atoms with Gasteiger partial charge in [0, 0.05) is 13.0 Å². The first-order chi connectivity index (χ1) is 7.32. The SMILES string of the molecule is CC(C)C(CC(=O)Cl)C1CCOC(C)(C)C1. The van der Waals surface area contributed by atoms with E-state index in [1.165, 1.54) is 0 Å². The standard InChI is InChI=1S/C13H23ClO2/c1-9(2)11(7-12(14)15)10-5-6-16-13(3,4)8-10/h9-11H,5-8H2,1-4H3. The topological polar surface area (TPSA) is 26.3 Å². The Labute approximate surface area is 104 Å². The van der Waals surface area contributed by atoms with Gasteiger partial charge in [0.1, 0.15) is 0 Å². The molecule has 2 atom stereocenters. The molecule has 0 bridgehead atoms. The van der Waals surface area contributed by atoms with Gasteiger partial charge >= 0.3 is 0 Å². The smallest absolute Gasteiger partial charge is 0.221 e. The highest BCUT2D eigenvalue weighted by Crippen LogP contribution is 2.38. The van der Waals surface area contributed by atoms with Gasteiger partial charge in [0.15, 0.2) is 0 Å². The molecule has 2 nitrogen and oxygen atoms in total. The van der Waals surface area contributed by atoms with E-state index in [0.717, 1.165) is 19.4 Å². The molecule has 0 aliphatic carbocycles. The third-order valence-electron chi connectivity index (χ3n) is 3.59. The lowest BCUT2D eigenvalue weighted by Crippen LogP contribution is -2.38. The van der Waals surface area contributed by atoms with Gasteiger partial charge in [-0.05, 0) is 56.0 Å². The highest BCUT2D eigenvalue weighted by molar-refractivity contribution is 6.63. The van der Waals surface area contributed by atoms with E-state index >= 15 is 0 Å². The lowest BCUT2D eigenvalue weighted by Gasteiger charge is -2.40. The zero-order chi connectivity index (χ0) is 12.3. The molecule has 0 N–H and O–H groups in total. The molecular formula is C13H23ClO2. The van der Waals surface area contributed by atoms with Gasteiger partial charge < -0.3 is 4.74 Å². The molecule has 16 heavy (non-hydrogen) atoms. The van der Waals surface area contributed by atoms with Crippen LogP contribution in [-0.2, 0) is 9.53 Å². The maximum Gasteiger partial charge on any atom is 0.221 e. The predicted molar refractivity (Wildman–Crippen MR) is 66.6 cm³/mol. The fourth-order valence-electron chi connectivity index (χ4n) is 2.78. The van der Waals surface area contributed by atoms with Gasteiger partial charge in [-0.3, -0.25) is 4.79 Å². The Morgan fingerprint density at radius 2 is 2.12 bits per heavy atom. The average molecular weight is 247 g/mol. The summed E-state index contributed by atoms with van der Waals surface area (Å²) in [5, 5.41) is -0.206. The maximum atomic E-state index is 11.1. The van der Waals surface area contributed by atoms with E-state index in [4.69, 9.17) is 16.3 Å². The fraction of sp³-hybridized carbons (Fsp3) is 0.923. The summed E-state index contributed by atoms with van der Waals surface area (Å²) < 4.78 is 5.71. The van der Waals surface area contributed by atoms with Gasteiger partial charge in [-0.25, -0.2) is 0 Å². The number of rotatable bonds is 4. The Kier molecular flexibility index (Phi) is 4.81. The highest BCUT2D eigenvalue weighted by Gasteiger charge is 2.35. The zero-order valence-electron chi connectivity index (χ0n) is 10.8. The van der Waals surface area contributed by atoms with Crippen LogP contribution in [0.1, 0.15) is 47.0 Å². The third kappa shape index (κ3) is 4.06. The van der Waals surface area contributed by atoms with Crippen LogP contribution in [0.4, 0.5) is 0 Å². The quantitative estimate of drug-likeness (QED) is 0.709. The van der Waals surface area contributed by atoms with Crippen molar-refractivity contribution in [3.63, 3.8) is 0 Å². The molecule has 1 fully saturated rings. The Balaban J connectivity index is 2.67. The van der Waals surface area contributed by atoms with Gasteiger partial charge in [-0.1, -0.05) is 13.8 Å². The van der Waals surface area contributed by atoms with Crippen molar-refractivity contribution >= 4 is 16.8 Å². The Morgan fingerprint density at radius 3 is 2.56 bits per heavy atom. The summed E-state index contributed by atoms with van der Waals surface area (Å²) in [6, 6.07) is 0. The number of carbonyl (C=O) groups excluding carboxylic acids is 1. The minimum Gasteiger partial charge on any atom is -0.376 e. The van der Waals surface area contributed by atoms with E-state index < -0.39 is 0 Å². The van der Waals surface area contributed by atoms with E-state index in [1.54, 1.807) is 0 Å². The van der Waals surface area contributed by atoms with Gasteiger partial charge in [-0.2, -0.15) is 0 Å². The van der Waals surface area contributed by atoms with Crippen molar-refractivity contribution in [2.24, 2.45) is 17.8 Å². The first kappa shape index (κ1) is 14.0. The van der Waals surface area contributed by atoms with Gasteiger partial charge in [-0.15, -0.1) is 0 Å². The minimum atomic E-state index is -0.206. The molecule has 0 amide bonds. The van der Waals surface area contributed by atoms with Crippen molar-refractivity contribution in [2.75, 3.05) is 6.61 Å². The zero-order valence-corrected chi connectivity index (χ0v) is 11.5. The van der Waals surface area contributed by atoms with Crippen molar-refractivity contribution in [1.29, 1.82) is 0 Å². The van der Waals surface area contributed by atoms with Crippen LogP contribution >= 0.6 is 11.6 Å². The monoisotopic (exact) mass is 246 g/mol. The summed E-state index contributed by atoms with van der Waals surface area (Å²) in [5.74, 6) is 1.46. The molecule has 1 heterocycles. The molecule has 1 rings (SSSR count). The van der Waals surface area contributed by atoms with E-state index in [2.05, 4.69) is 27.7 Å². The molecule has 0 aromatic carbocycles. The molecule has 2 unspecified atom stereocenters. The third-order valence-corrected chi connectivity index (χ3v) is 3.75. The lowest BCUT2D eigenvalue weighted by molar-refractivity contribution is -0.116. The summed E-state index contributed by atoms with van der Waals surface area (Å²) in [6.07, 6.45) is 2.58. The molecule has 0 radical (unpaired) electrons. The van der Waals surface area contributed by atoms with Crippen LogP contribution in [-0.4, -0.2) is 17.5 Å². The molecule has 0 aromatic heterocycles. The minimum absolute atomic E-state index is 0.0502. The van der Waals surface area contributed by atoms with E-state index in [9.17, 15) is 4.79 Å². The molecule has 0 spiro atoms. The van der Waals surface area contributed by atoms with E-state index in [-0.39, 0.29) is 10.8 Å². The fourth-order valence-corrected chi connectivity index (χ4v) is 2.95. The summed E-state index contributed by atoms with van der Waals surface area (Å²) in [6.45, 7) is 9.40. The Hall–Kier alpha value is -0.0800. The molecule has 1 aliphatic rings. The van der Waals surface area contributed by atoms with Crippen LogP contribution in [0.3, 0.4) is 0 Å². The van der Waals surface area contributed by atoms with Crippen molar-refractivity contribution in [3.05, 3.63) is 0 Å². The molecule has 0 aromatic rings. The molecular weight excluding hydrogens is 224 g/mol.